The van der Waals surface area contributed by atoms with Gasteiger partial charge >= 0.3 is 0 Å². The van der Waals surface area contributed by atoms with Crippen LogP contribution in [0.1, 0.15) is 40.1 Å². The minimum Gasteiger partial charge on any atom is -0.507 e. The summed E-state index contributed by atoms with van der Waals surface area (Å²) in [4.78, 5) is 12.7. The fourth-order valence-corrected chi connectivity index (χ4v) is 3.59. The second-order valence-electron chi connectivity index (χ2n) is 7.54. The number of phenolic OH excluding ortho intramolecular Hbond substituents is 4. The highest BCUT2D eigenvalue weighted by Gasteiger charge is 2.46. The lowest BCUT2D eigenvalue weighted by atomic mass is 9.88. The average Bonchev–Trinajstić information content (AvgIpc) is 2.75. The van der Waals surface area contributed by atoms with Gasteiger partial charge in [-0.3, -0.25) is 4.79 Å². The second kappa shape index (κ2) is 9.28. The molecular weight excluding hydrogens is 428 g/mol. The van der Waals surface area contributed by atoms with Crippen LogP contribution in [0, 0.1) is 0 Å². The van der Waals surface area contributed by atoms with Crippen LogP contribution in [0.15, 0.2) is 30.3 Å². The number of Topliss-reactive ketones (excluding diaryl/α,β-unsaturated/α-hetero) is 1. The summed E-state index contributed by atoms with van der Waals surface area (Å²) in [6, 6.07) is 5.63. The molecule has 1 aliphatic rings. The van der Waals surface area contributed by atoms with Crippen molar-refractivity contribution in [3.8, 4) is 23.0 Å². The van der Waals surface area contributed by atoms with E-state index in [0.29, 0.717) is 0 Å². The first-order valence-electron chi connectivity index (χ1n) is 9.65. The molecule has 11 nitrogen and oxygen atoms in total. The summed E-state index contributed by atoms with van der Waals surface area (Å²) in [7, 11) is 0. The van der Waals surface area contributed by atoms with Gasteiger partial charge in [-0.1, -0.05) is 6.07 Å². The Kier molecular flexibility index (Phi) is 6.88. The Labute approximate surface area is 181 Å². The van der Waals surface area contributed by atoms with Gasteiger partial charge in [-0.2, -0.15) is 0 Å². The highest BCUT2D eigenvalue weighted by atomic mass is 16.5. The van der Waals surface area contributed by atoms with E-state index in [1.807, 2.05) is 0 Å². The summed E-state index contributed by atoms with van der Waals surface area (Å²) in [6.07, 6.45) is -10.1. The molecule has 0 aliphatic carbocycles. The fourth-order valence-electron chi connectivity index (χ4n) is 3.59. The molecule has 32 heavy (non-hydrogen) atoms. The number of phenols is 4. The molecule has 9 N–H and O–H groups in total. The average molecular weight is 452 g/mol. The molecule has 2 aromatic carbocycles. The van der Waals surface area contributed by atoms with Gasteiger partial charge in [0.15, 0.2) is 17.3 Å². The van der Waals surface area contributed by atoms with E-state index < -0.39 is 84.0 Å². The van der Waals surface area contributed by atoms with Crippen LogP contribution in [0.4, 0.5) is 0 Å². The smallest absolute Gasteiger partial charge is 0.169 e. The Morgan fingerprint density at radius 2 is 1.56 bits per heavy atom. The highest BCUT2D eigenvalue weighted by Crippen LogP contribution is 2.43. The Balaban J connectivity index is 1.90. The van der Waals surface area contributed by atoms with Crippen LogP contribution >= 0.6 is 0 Å². The van der Waals surface area contributed by atoms with E-state index in [0.717, 1.165) is 24.3 Å². The molecule has 1 saturated heterocycles. The molecule has 0 radical (unpaired) electrons. The van der Waals surface area contributed by atoms with E-state index in [9.17, 15) is 50.8 Å². The molecule has 0 bridgehead atoms. The fraction of sp³-hybridized carbons (Fsp3) is 0.381. The van der Waals surface area contributed by atoms with Crippen LogP contribution < -0.4 is 0 Å². The van der Waals surface area contributed by atoms with Gasteiger partial charge in [0.25, 0.3) is 0 Å². The number of hydrogen-bond acceptors (Lipinski definition) is 11. The summed E-state index contributed by atoms with van der Waals surface area (Å²) in [5, 5.41) is 89.6. The van der Waals surface area contributed by atoms with E-state index in [1.54, 1.807) is 0 Å². The van der Waals surface area contributed by atoms with Gasteiger partial charge in [0.1, 0.15) is 42.0 Å². The van der Waals surface area contributed by atoms with E-state index in [1.165, 1.54) is 6.07 Å². The summed E-state index contributed by atoms with van der Waals surface area (Å²) >= 11 is 0. The SMILES string of the molecule is O=C(CC(O)c1ccc(O)c(O)c1)c1ccc(O)c([C@@H]2O[C@H](CO)[C@@H](O)[C@H](O)[C@H]2O)c1O. The number of carbonyl (C=O) groups is 1. The van der Waals surface area contributed by atoms with Crippen molar-refractivity contribution in [2.24, 2.45) is 0 Å². The molecule has 1 heterocycles. The number of aliphatic hydroxyl groups is 5. The standard InChI is InChI=1S/C21H24O11/c22-7-15-18(29)19(30)20(31)21(32-15)16-11(24)4-2-9(17(16)28)13(26)6-12(25)8-1-3-10(23)14(27)5-8/h1-5,12,15,18-25,27-31H,6-7H2/t12?,15-,18-,19+,20-,21+/m1/s1. The van der Waals surface area contributed by atoms with Crippen LogP contribution in [-0.2, 0) is 4.74 Å². The number of aliphatic hydroxyl groups excluding tert-OH is 5. The normalized spacial score (nSPS) is 26.6. The molecule has 6 atom stereocenters. The molecular formula is C21H24O11. The number of rotatable bonds is 6. The zero-order valence-electron chi connectivity index (χ0n) is 16.6. The van der Waals surface area contributed by atoms with E-state index in [4.69, 9.17) is 4.74 Å². The number of ether oxygens (including phenoxy) is 1. The highest BCUT2D eigenvalue weighted by molar-refractivity contribution is 5.99. The van der Waals surface area contributed by atoms with Crippen LogP contribution in [0.25, 0.3) is 0 Å². The maximum absolute atomic E-state index is 12.7. The summed E-state index contributed by atoms with van der Waals surface area (Å²) < 4.78 is 5.35. The summed E-state index contributed by atoms with van der Waals surface area (Å²) in [6.45, 7) is -0.729. The number of aromatic hydroxyl groups is 4. The molecule has 3 rings (SSSR count). The topological polar surface area (TPSA) is 208 Å². The van der Waals surface area contributed by atoms with Crippen molar-refractivity contribution >= 4 is 5.78 Å². The van der Waals surface area contributed by atoms with Crippen molar-refractivity contribution in [2.75, 3.05) is 6.61 Å². The van der Waals surface area contributed by atoms with Crippen LogP contribution in [0.5, 0.6) is 23.0 Å². The second-order valence-corrected chi connectivity index (χ2v) is 7.54. The minimum absolute atomic E-state index is 0.126. The number of hydrogen-bond donors (Lipinski definition) is 9. The van der Waals surface area contributed by atoms with Crippen molar-refractivity contribution in [1.29, 1.82) is 0 Å². The van der Waals surface area contributed by atoms with Crippen LogP contribution in [0.3, 0.4) is 0 Å². The molecule has 1 unspecified atom stereocenters. The van der Waals surface area contributed by atoms with Crippen LogP contribution in [0.2, 0.25) is 0 Å². The Morgan fingerprint density at radius 1 is 0.906 bits per heavy atom. The predicted octanol–water partition coefficient (Wildman–Crippen LogP) is -0.670. The van der Waals surface area contributed by atoms with Crippen molar-refractivity contribution in [3.05, 3.63) is 47.0 Å². The third-order valence-electron chi connectivity index (χ3n) is 5.43. The zero-order chi connectivity index (χ0) is 23.7. The molecule has 2 aromatic rings. The number of benzene rings is 2. The maximum Gasteiger partial charge on any atom is 0.169 e. The van der Waals surface area contributed by atoms with E-state index in [-0.39, 0.29) is 11.1 Å². The molecule has 0 saturated carbocycles. The first-order chi connectivity index (χ1) is 15.1. The maximum atomic E-state index is 12.7. The largest absolute Gasteiger partial charge is 0.507 e. The third-order valence-corrected chi connectivity index (χ3v) is 5.43. The first kappa shape index (κ1) is 23.7. The first-order valence-corrected chi connectivity index (χ1v) is 9.65. The zero-order valence-corrected chi connectivity index (χ0v) is 16.6. The predicted molar refractivity (Wildman–Crippen MR) is 106 cm³/mol. The Hall–Kier alpha value is -2.93. The third kappa shape index (κ3) is 4.35. The lowest BCUT2D eigenvalue weighted by Gasteiger charge is -2.40. The lowest BCUT2D eigenvalue weighted by Crippen LogP contribution is -2.55. The monoisotopic (exact) mass is 452 g/mol. The molecule has 11 heteroatoms. The molecule has 0 spiro atoms. The Bertz CT molecular complexity index is 990. The van der Waals surface area contributed by atoms with Crippen molar-refractivity contribution in [3.63, 3.8) is 0 Å². The number of carbonyl (C=O) groups excluding carboxylic acids is 1. The van der Waals surface area contributed by atoms with Gasteiger partial charge in [-0.05, 0) is 29.8 Å². The minimum atomic E-state index is -1.81. The van der Waals surface area contributed by atoms with Gasteiger partial charge in [0.2, 0.25) is 0 Å². The van der Waals surface area contributed by atoms with Gasteiger partial charge in [-0.15, -0.1) is 0 Å². The molecule has 1 fully saturated rings. The van der Waals surface area contributed by atoms with Gasteiger partial charge in [-0.25, -0.2) is 0 Å². The van der Waals surface area contributed by atoms with Crippen LogP contribution in [-0.4, -0.2) is 82.8 Å². The van der Waals surface area contributed by atoms with Crippen molar-refractivity contribution < 1.29 is 55.5 Å². The molecule has 0 amide bonds. The van der Waals surface area contributed by atoms with Gasteiger partial charge < -0.3 is 50.7 Å². The van der Waals surface area contributed by atoms with Gasteiger partial charge in [0, 0.05) is 6.42 Å². The summed E-state index contributed by atoms with van der Waals surface area (Å²) in [5.74, 6) is -3.03. The molecule has 1 aliphatic heterocycles. The Morgan fingerprint density at radius 3 is 2.19 bits per heavy atom. The van der Waals surface area contributed by atoms with E-state index >= 15 is 0 Å². The van der Waals surface area contributed by atoms with Crippen molar-refractivity contribution in [1.82, 2.24) is 0 Å². The summed E-state index contributed by atoms with van der Waals surface area (Å²) in [5.41, 5.74) is -0.651. The lowest BCUT2D eigenvalue weighted by molar-refractivity contribution is -0.232. The quantitative estimate of drug-likeness (QED) is 0.198. The van der Waals surface area contributed by atoms with Crippen molar-refractivity contribution in [2.45, 2.75) is 43.0 Å². The van der Waals surface area contributed by atoms with E-state index in [2.05, 4.69) is 0 Å². The number of ketones is 1. The molecule has 174 valence electrons. The van der Waals surface area contributed by atoms with Gasteiger partial charge in [0.05, 0.1) is 23.8 Å². The molecule has 0 aromatic heterocycles.